The first-order valence-corrected chi connectivity index (χ1v) is 6.77. The fourth-order valence-electron chi connectivity index (χ4n) is 2.10. The van der Waals surface area contributed by atoms with Gasteiger partial charge in [0.2, 0.25) is 0 Å². The van der Waals surface area contributed by atoms with Gasteiger partial charge in [-0.2, -0.15) is 13.2 Å². The number of rotatable bonds is 2. The molecule has 0 heterocycles. The van der Waals surface area contributed by atoms with Crippen LogP contribution in [0.3, 0.4) is 0 Å². The number of benzene rings is 2. The highest BCUT2D eigenvalue weighted by atomic mass is 79.9. The molecule has 0 fully saturated rings. The molecule has 2 rings (SSSR count). The highest BCUT2D eigenvalue weighted by molar-refractivity contribution is 9.10. The Morgan fingerprint density at radius 2 is 1.70 bits per heavy atom. The van der Waals surface area contributed by atoms with E-state index in [0.717, 1.165) is 11.6 Å². The third kappa shape index (κ3) is 3.04. The van der Waals surface area contributed by atoms with Crippen molar-refractivity contribution >= 4 is 15.9 Å². The summed E-state index contributed by atoms with van der Waals surface area (Å²) in [4.78, 5) is 0. The molecule has 0 spiro atoms. The van der Waals surface area contributed by atoms with E-state index in [4.69, 9.17) is 5.73 Å². The Bertz CT molecular complexity index is 623. The van der Waals surface area contributed by atoms with Crippen LogP contribution in [0.2, 0.25) is 0 Å². The van der Waals surface area contributed by atoms with Crippen LogP contribution in [-0.2, 0) is 6.18 Å². The van der Waals surface area contributed by atoms with Gasteiger partial charge in [-0.1, -0.05) is 51.8 Å². The highest BCUT2D eigenvalue weighted by Crippen LogP contribution is 2.37. The summed E-state index contributed by atoms with van der Waals surface area (Å²) in [6.07, 6.45) is -4.41. The largest absolute Gasteiger partial charge is 0.416 e. The molecule has 20 heavy (non-hydrogen) atoms. The monoisotopic (exact) mass is 343 g/mol. The van der Waals surface area contributed by atoms with Crippen LogP contribution in [0.5, 0.6) is 0 Å². The molecular weight excluding hydrogens is 331 g/mol. The molecule has 0 aliphatic carbocycles. The van der Waals surface area contributed by atoms with E-state index in [2.05, 4.69) is 15.9 Å². The second-order valence-corrected chi connectivity index (χ2v) is 5.44. The Kier molecular flexibility index (Phi) is 4.20. The third-order valence-electron chi connectivity index (χ3n) is 3.09. The first kappa shape index (κ1) is 15.1. The second kappa shape index (κ2) is 5.58. The molecule has 2 aromatic carbocycles. The van der Waals surface area contributed by atoms with Gasteiger partial charge < -0.3 is 5.73 Å². The molecule has 106 valence electrons. The molecule has 1 atom stereocenters. The maximum atomic E-state index is 13.0. The van der Waals surface area contributed by atoms with Crippen LogP contribution in [0.15, 0.2) is 46.9 Å². The van der Waals surface area contributed by atoms with Crippen molar-refractivity contribution in [3.63, 3.8) is 0 Å². The summed E-state index contributed by atoms with van der Waals surface area (Å²) >= 11 is 3.34. The van der Waals surface area contributed by atoms with Crippen molar-refractivity contribution in [3.8, 4) is 0 Å². The number of aryl methyl sites for hydroxylation is 1. The van der Waals surface area contributed by atoms with Crippen LogP contribution in [0, 0.1) is 6.92 Å². The number of nitrogens with two attached hydrogens (primary N) is 1. The van der Waals surface area contributed by atoms with E-state index >= 15 is 0 Å². The minimum atomic E-state index is -4.41. The van der Waals surface area contributed by atoms with Crippen LogP contribution in [-0.4, -0.2) is 0 Å². The number of halogens is 4. The normalized spacial score (nSPS) is 13.3. The highest BCUT2D eigenvalue weighted by Gasteiger charge is 2.34. The number of alkyl halides is 3. The summed E-state index contributed by atoms with van der Waals surface area (Å²) in [6, 6.07) is 10.0. The Morgan fingerprint density at radius 3 is 2.35 bits per heavy atom. The minimum Gasteiger partial charge on any atom is -0.320 e. The van der Waals surface area contributed by atoms with Gasteiger partial charge in [0, 0.05) is 4.47 Å². The summed E-state index contributed by atoms with van der Waals surface area (Å²) in [6.45, 7) is 1.87. The van der Waals surface area contributed by atoms with Crippen molar-refractivity contribution in [1.82, 2.24) is 0 Å². The summed E-state index contributed by atoms with van der Waals surface area (Å²) in [7, 11) is 0. The van der Waals surface area contributed by atoms with Crippen molar-refractivity contribution in [1.29, 1.82) is 0 Å². The van der Waals surface area contributed by atoms with Crippen molar-refractivity contribution in [3.05, 3.63) is 69.2 Å². The average molecular weight is 344 g/mol. The molecule has 0 radical (unpaired) electrons. The van der Waals surface area contributed by atoms with Gasteiger partial charge in [-0.3, -0.25) is 0 Å². The summed E-state index contributed by atoms with van der Waals surface area (Å²) in [5.41, 5.74) is 7.02. The quantitative estimate of drug-likeness (QED) is 0.830. The van der Waals surface area contributed by atoms with E-state index in [-0.39, 0.29) is 5.56 Å². The molecule has 0 bridgehead atoms. The van der Waals surface area contributed by atoms with E-state index in [1.807, 2.05) is 13.0 Å². The van der Waals surface area contributed by atoms with Gasteiger partial charge in [-0.15, -0.1) is 0 Å². The zero-order chi connectivity index (χ0) is 14.9. The van der Waals surface area contributed by atoms with Crippen LogP contribution in [0.4, 0.5) is 13.2 Å². The smallest absolute Gasteiger partial charge is 0.320 e. The van der Waals surface area contributed by atoms with Crippen LogP contribution in [0.25, 0.3) is 0 Å². The molecule has 5 heteroatoms. The van der Waals surface area contributed by atoms with Crippen molar-refractivity contribution in [2.75, 3.05) is 0 Å². The first-order valence-electron chi connectivity index (χ1n) is 5.98. The zero-order valence-electron chi connectivity index (χ0n) is 10.7. The predicted octanol–water partition coefficient (Wildman–Crippen LogP) is 4.82. The molecule has 0 amide bonds. The minimum absolute atomic E-state index is 0.0753. The second-order valence-electron chi connectivity index (χ2n) is 4.59. The number of hydrogen-bond acceptors (Lipinski definition) is 1. The van der Waals surface area contributed by atoms with Gasteiger partial charge in [0.15, 0.2) is 0 Å². The Balaban J connectivity index is 2.54. The van der Waals surface area contributed by atoms with Gasteiger partial charge >= 0.3 is 6.18 Å². The van der Waals surface area contributed by atoms with Gasteiger partial charge in [0.1, 0.15) is 0 Å². The fourth-order valence-corrected chi connectivity index (χ4v) is 2.59. The molecular formula is C15H13BrF3N. The Labute approximate surface area is 123 Å². The lowest BCUT2D eigenvalue weighted by atomic mass is 9.94. The van der Waals surface area contributed by atoms with E-state index in [1.165, 1.54) is 12.1 Å². The number of hydrogen-bond donors (Lipinski definition) is 1. The SMILES string of the molecule is Cc1ccc(Br)c(C(N)c2ccccc2C(F)(F)F)c1. The summed E-state index contributed by atoms with van der Waals surface area (Å²) in [5, 5.41) is 0. The lowest BCUT2D eigenvalue weighted by Gasteiger charge is -2.20. The standard InChI is InChI=1S/C15H13BrF3N/c1-9-6-7-13(16)11(8-9)14(20)10-4-2-3-5-12(10)15(17,18)19/h2-8,14H,20H2,1H3. The predicted molar refractivity (Wildman–Crippen MR) is 76.4 cm³/mol. The van der Waals surface area contributed by atoms with E-state index in [1.54, 1.807) is 18.2 Å². The molecule has 1 unspecified atom stereocenters. The van der Waals surface area contributed by atoms with E-state index in [9.17, 15) is 13.2 Å². The zero-order valence-corrected chi connectivity index (χ0v) is 12.3. The molecule has 2 N–H and O–H groups in total. The fraction of sp³-hybridized carbons (Fsp3) is 0.200. The molecule has 0 aliphatic heterocycles. The molecule has 0 aliphatic rings. The summed E-state index contributed by atoms with van der Waals surface area (Å²) in [5.74, 6) is 0. The maximum absolute atomic E-state index is 13.0. The topological polar surface area (TPSA) is 26.0 Å². The van der Waals surface area contributed by atoms with E-state index < -0.39 is 17.8 Å². The Hall–Kier alpha value is -1.33. The third-order valence-corrected chi connectivity index (χ3v) is 3.81. The van der Waals surface area contributed by atoms with Crippen molar-refractivity contribution in [2.24, 2.45) is 5.73 Å². The van der Waals surface area contributed by atoms with Crippen LogP contribution < -0.4 is 5.73 Å². The van der Waals surface area contributed by atoms with Crippen LogP contribution in [0.1, 0.15) is 28.3 Å². The first-order chi connectivity index (χ1) is 9.30. The molecule has 1 nitrogen and oxygen atoms in total. The van der Waals surface area contributed by atoms with Gasteiger partial charge in [-0.25, -0.2) is 0 Å². The van der Waals surface area contributed by atoms with Crippen LogP contribution >= 0.6 is 15.9 Å². The van der Waals surface area contributed by atoms with Gasteiger partial charge in [0.25, 0.3) is 0 Å². The van der Waals surface area contributed by atoms with Crippen molar-refractivity contribution in [2.45, 2.75) is 19.1 Å². The molecule has 2 aromatic rings. The molecule has 0 saturated heterocycles. The summed E-state index contributed by atoms with van der Waals surface area (Å²) < 4.78 is 39.8. The van der Waals surface area contributed by atoms with Gasteiger partial charge in [0.05, 0.1) is 11.6 Å². The van der Waals surface area contributed by atoms with Crippen molar-refractivity contribution < 1.29 is 13.2 Å². The maximum Gasteiger partial charge on any atom is 0.416 e. The molecule has 0 saturated carbocycles. The lowest BCUT2D eigenvalue weighted by Crippen LogP contribution is -2.18. The Morgan fingerprint density at radius 1 is 1.05 bits per heavy atom. The van der Waals surface area contributed by atoms with E-state index in [0.29, 0.717) is 10.0 Å². The average Bonchev–Trinajstić information content (AvgIpc) is 2.40. The lowest BCUT2D eigenvalue weighted by molar-refractivity contribution is -0.138. The molecule has 0 aromatic heterocycles. The van der Waals surface area contributed by atoms with Gasteiger partial charge in [-0.05, 0) is 30.2 Å².